The van der Waals surface area contributed by atoms with Crippen molar-refractivity contribution < 1.29 is 9.47 Å². The Morgan fingerprint density at radius 3 is 2.84 bits per heavy atom. The van der Waals surface area contributed by atoms with Gasteiger partial charge in [0.25, 0.3) is 0 Å². The van der Waals surface area contributed by atoms with Gasteiger partial charge in [0.1, 0.15) is 5.75 Å². The zero-order valence-corrected chi connectivity index (χ0v) is 12.0. The first kappa shape index (κ1) is 14.2. The van der Waals surface area contributed by atoms with E-state index in [1.54, 1.807) is 7.11 Å². The van der Waals surface area contributed by atoms with Gasteiger partial charge in [-0.2, -0.15) is 0 Å². The molecule has 1 saturated heterocycles. The number of nitrogens with two attached hydrogens (primary N) is 1. The second kappa shape index (κ2) is 5.39. The highest BCUT2D eigenvalue weighted by molar-refractivity contribution is 5.50. The molecule has 4 heteroatoms. The summed E-state index contributed by atoms with van der Waals surface area (Å²) in [5, 5.41) is 3.59. The van der Waals surface area contributed by atoms with Gasteiger partial charge in [0.2, 0.25) is 0 Å². The molecule has 4 nitrogen and oxygen atoms in total. The maximum absolute atomic E-state index is 6.03. The number of ether oxygens (including phenoxy) is 2. The Balaban J connectivity index is 2.17. The molecule has 1 aromatic rings. The molecule has 1 heterocycles. The molecule has 1 atom stereocenters. The van der Waals surface area contributed by atoms with Crippen molar-refractivity contribution in [2.24, 2.45) is 5.73 Å². The fraction of sp³-hybridized carbons (Fsp3) is 0.600. The highest BCUT2D eigenvalue weighted by Gasteiger charge is 2.39. The minimum Gasteiger partial charge on any atom is -0.497 e. The molecule has 0 amide bonds. The lowest BCUT2D eigenvalue weighted by Gasteiger charge is -2.45. The van der Waals surface area contributed by atoms with Crippen molar-refractivity contribution in [2.45, 2.75) is 37.8 Å². The van der Waals surface area contributed by atoms with Crippen LogP contribution in [0.25, 0.3) is 0 Å². The molecule has 2 rings (SSSR count). The summed E-state index contributed by atoms with van der Waals surface area (Å²) in [4.78, 5) is 0. The average Bonchev–Trinajstić information content (AvgIpc) is 2.38. The van der Waals surface area contributed by atoms with Gasteiger partial charge in [-0.25, -0.2) is 0 Å². The second-order valence-electron chi connectivity index (χ2n) is 5.88. The Kier molecular flexibility index (Phi) is 4.02. The van der Waals surface area contributed by atoms with Gasteiger partial charge in [0.05, 0.1) is 18.2 Å². The summed E-state index contributed by atoms with van der Waals surface area (Å²) in [7, 11) is 1.68. The summed E-state index contributed by atoms with van der Waals surface area (Å²) in [6.07, 6.45) is 1.82. The van der Waals surface area contributed by atoms with Crippen LogP contribution in [0.2, 0.25) is 0 Å². The lowest BCUT2D eigenvalue weighted by molar-refractivity contribution is -0.0736. The van der Waals surface area contributed by atoms with E-state index in [1.807, 2.05) is 24.3 Å². The Bertz CT molecular complexity index is 434. The van der Waals surface area contributed by atoms with Crippen LogP contribution in [-0.2, 0) is 4.74 Å². The monoisotopic (exact) mass is 264 g/mol. The highest BCUT2D eigenvalue weighted by atomic mass is 16.5. The molecular formula is C15H24N2O2. The maximum Gasteiger partial charge on any atom is 0.120 e. The van der Waals surface area contributed by atoms with Crippen molar-refractivity contribution >= 4 is 5.69 Å². The molecule has 1 fully saturated rings. The first-order valence-electron chi connectivity index (χ1n) is 6.75. The Morgan fingerprint density at radius 1 is 1.42 bits per heavy atom. The Labute approximate surface area is 115 Å². The third-order valence-corrected chi connectivity index (χ3v) is 3.71. The van der Waals surface area contributed by atoms with Gasteiger partial charge in [0.15, 0.2) is 0 Å². The molecule has 1 aliphatic rings. The molecule has 0 aromatic heterocycles. The second-order valence-corrected chi connectivity index (χ2v) is 5.88. The van der Waals surface area contributed by atoms with E-state index in [0.29, 0.717) is 6.54 Å². The molecule has 3 N–H and O–H groups in total. The molecular weight excluding hydrogens is 240 g/mol. The molecule has 0 aliphatic carbocycles. The van der Waals surface area contributed by atoms with Crippen molar-refractivity contribution in [1.29, 1.82) is 0 Å². The van der Waals surface area contributed by atoms with Gasteiger partial charge < -0.3 is 20.5 Å². The van der Waals surface area contributed by atoms with Crippen LogP contribution < -0.4 is 15.8 Å². The topological polar surface area (TPSA) is 56.5 Å². The van der Waals surface area contributed by atoms with Crippen LogP contribution in [0.4, 0.5) is 5.69 Å². The van der Waals surface area contributed by atoms with Crippen LogP contribution >= 0.6 is 0 Å². The number of anilines is 1. The first-order valence-corrected chi connectivity index (χ1v) is 6.75. The molecule has 106 valence electrons. The molecule has 1 aromatic carbocycles. The third kappa shape index (κ3) is 3.39. The number of nitrogens with one attached hydrogen (secondary N) is 1. The standard InChI is InChI=1S/C15H24N2O2/c1-14(2)10-15(11-16,7-8-19-14)17-12-5-4-6-13(9-12)18-3/h4-6,9,17H,7-8,10-11,16H2,1-3H3. The van der Waals surface area contributed by atoms with Crippen molar-refractivity contribution in [1.82, 2.24) is 0 Å². The summed E-state index contributed by atoms with van der Waals surface area (Å²) in [5.41, 5.74) is 6.83. The summed E-state index contributed by atoms with van der Waals surface area (Å²) < 4.78 is 11.0. The predicted molar refractivity (Wildman–Crippen MR) is 77.7 cm³/mol. The highest BCUT2D eigenvalue weighted by Crippen LogP contribution is 2.34. The van der Waals surface area contributed by atoms with E-state index in [-0.39, 0.29) is 11.1 Å². The van der Waals surface area contributed by atoms with E-state index >= 15 is 0 Å². The largest absolute Gasteiger partial charge is 0.497 e. The minimum atomic E-state index is -0.135. The SMILES string of the molecule is COc1cccc(NC2(CN)CCOC(C)(C)C2)c1. The van der Waals surface area contributed by atoms with Gasteiger partial charge in [-0.05, 0) is 32.4 Å². The van der Waals surface area contributed by atoms with Crippen molar-refractivity contribution in [3.8, 4) is 5.75 Å². The minimum absolute atomic E-state index is 0.103. The molecule has 0 bridgehead atoms. The lowest BCUT2D eigenvalue weighted by atomic mass is 9.81. The number of methoxy groups -OCH3 is 1. The third-order valence-electron chi connectivity index (χ3n) is 3.71. The average molecular weight is 264 g/mol. The molecule has 0 spiro atoms. The van der Waals surface area contributed by atoms with Crippen molar-refractivity contribution in [2.75, 3.05) is 25.6 Å². The van der Waals surface area contributed by atoms with E-state index in [9.17, 15) is 0 Å². The van der Waals surface area contributed by atoms with Crippen LogP contribution in [0.15, 0.2) is 24.3 Å². The number of rotatable bonds is 4. The normalized spacial score (nSPS) is 25.9. The Hall–Kier alpha value is -1.26. The zero-order valence-electron chi connectivity index (χ0n) is 12.0. The van der Waals surface area contributed by atoms with Gasteiger partial charge in [-0.1, -0.05) is 6.07 Å². The smallest absolute Gasteiger partial charge is 0.120 e. The quantitative estimate of drug-likeness (QED) is 0.876. The van der Waals surface area contributed by atoms with E-state index < -0.39 is 0 Å². The predicted octanol–water partition coefficient (Wildman–Crippen LogP) is 2.39. The molecule has 0 radical (unpaired) electrons. The summed E-state index contributed by atoms with van der Waals surface area (Å²) in [5.74, 6) is 0.850. The van der Waals surface area contributed by atoms with Crippen LogP contribution in [0.1, 0.15) is 26.7 Å². The van der Waals surface area contributed by atoms with Gasteiger partial charge in [0, 0.05) is 31.3 Å². The summed E-state index contributed by atoms with van der Waals surface area (Å²) in [6.45, 7) is 5.56. The fourth-order valence-corrected chi connectivity index (χ4v) is 2.82. The van der Waals surface area contributed by atoms with E-state index in [0.717, 1.165) is 30.9 Å². The van der Waals surface area contributed by atoms with Gasteiger partial charge in [-0.3, -0.25) is 0 Å². The Morgan fingerprint density at radius 2 is 2.21 bits per heavy atom. The van der Waals surface area contributed by atoms with Crippen LogP contribution in [-0.4, -0.2) is 31.4 Å². The number of benzene rings is 1. The summed E-state index contributed by atoms with van der Waals surface area (Å²) >= 11 is 0. The zero-order chi connectivity index (χ0) is 13.9. The fourth-order valence-electron chi connectivity index (χ4n) is 2.82. The van der Waals surface area contributed by atoms with Crippen molar-refractivity contribution in [3.05, 3.63) is 24.3 Å². The van der Waals surface area contributed by atoms with Crippen LogP contribution in [0.5, 0.6) is 5.75 Å². The maximum atomic E-state index is 6.03. The molecule has 1 unspecified atom stereocenters. The molecule has 19 heavy (non-hydrogen) atoms. The first-order chi connectivity index (χ1) is 8.99. The van der Waals surface area contributed by atoms with Gasteiger partial charge >= 0.3 is 0 Å². The van der Waals surface area contributed by atoms with E-state index in [4.69, 9.17) is 15.2 Å². The number of hydrogen-bond donors (Lipinski definition) is 2. The number of hydrogen-bond acceptors (Lipinski definition) is 4. The van der Waals surface area contributed by atoms with Crippen LogP contribution in [0.3, 0.4) is 0 Å². The van der Waals surface area contributed by atoms with Gasteiger partial charge in [-0.15, -0.1) is 0 Å². The van der Waals surface area contributed by atoms with Crippen LogP contribution in [0, 0.1) is 0 Å². The molecule has 1 aliphatic heterocycles. The van der Waals surface area contributed by atoms with Crippen molar-refractivity contribution in [3.63, 3.8) is 0 Å². The molecule has 0 saturated carbocycles. The van der Waals surface area contributed by atoms with E-state index in [2.05, 4.69) is 19.2 Å². The summed E-state index contributed by atoms with van der Waals surface area (Å²) in [6, 6.07) is 7.96. The van der Waals surface area contributed by atoms with E-state index in [1.165, 1.54) is 0 Å². The lowest BCUT2D eigenvalue weighted by Crippen LogP contribution is -2.55.